The Morgan fingerprint density at radius 3 is 2.97 bits per heavy atom. The highest BCUT2D eigenvalue weighted by Gasteiger charge is 2.41. The highest BCUT2D eigenvalue weighted by molar-refractivity contribution is 9.12. The predicted molar refractivity (Wildman–Crippen MR) is 117 cm³/mol. The van der Waals surface area contributed by atoms with Crippen molar-refractivity contribution in [3.05, 3.63) is 34.3 Å². The third kappa shape index (κ3) is 3.46. The molecular formula is C21H20BrN5O2. The van der Waals surface area contributed by atoms with Crippen LogP contribution in [-0.2, 0) is 4.79 Å². The monoisotopic (exact) mass is 453 g/mol. The van der Waals surface area contributed by atoms with E-state index in [2.05, 4.69) is 43.1 Å². The summed E-state index contributed by atoms with van der Waals surface area (Å²) in [4.78, 5) is 31.2. The largest absolute Gasteiger partial charge is 0.423 e. The number of anilines is 1. The van der Waals surface area contributed by atoms with Gasteiger partial charge in [-0.05, 0) is 59.8 Å². The molecule has 1 N–H and O–H groups in total. The third-order valence-corrected chi connectivity index (χ3v) is 6.24. The van der Waals surface area contributed by atoms with E-state index in [4.69, 9.17) is 9.41 Å². The Kier molecular flexibility index (Phi) is 4.66. The van der Waals surface area contributed by atoms with Gasteiger partial charge < -0.3 is 4.42 Å². The number of allylic oxidation sites excluding steroid dienone is 1. The number of dihydropyridines is 1. The maximum Gasteiger partial charge on any atom is 0.302 e. The summed E-state index contributed by atoms with van der Waals surface area (Å²) < 4.78 is 6.67. The van der Waals surface area contributed by atoms with Crippen molar-refractivity contribution in [1.82, 2.24) is 4.98 Å². The second kappa shape index (κ2) is 7.33. The number of carbonyl (C=O) groups is 1. The fourth-order valence-corrected chi connectivity index (χ4v) is 4.68. The van der Waals surface area contributed by atoms with Gasteiger partial charge in [-0.2, -0.15) is 4.98 Å². The average Bonchev–Trinajstić information content (AvgIpc) is 3.11. The lowest BCUT2D eigenvalue weighted by Gasteiger charge is -2.34. The zero-order chi connectivity index (χ0) is 20.0. The number of hydrogen-bond donors (Lipinski definition) is 1. The molecule has 0 saturated heterocycles. The molecule has 0 spiro atoms. The lowest BCUT2D eigenvalue weighted by atomic mass is 9.76. The summed E-state index contributed by atoms with van der Waals surface area (Å²) in [5.74, 6) is 0.359. The van der Waals surface area contributed by atoms with Gasteiger partial charge in [-0.25, -0.2) is 9.98 Å². The van der Waals surface area contributed by atoms with E-state index in [1.807, 2.05) is 30.5 Å². The Labute approximate surface area is 176 Å². The summed E-state index contributed by atoms with van der Waals surface area (Å²) >= 11 is 3.62. The van der Waals surface area contributed by atoms with Crippen molar-refractivity contribution in [3.8, 4) is 0 Å². The fraction of sp³-hybridized carbons (Fsp3) is 0.381. The van der Waals surface area contributed by atoms with Crippen molar-refractivity contribution in [2.75, 3.05) is 5.32 Å². The van der Waals surface area contributed by atoms with Crippen LogP contribution in [0.5, 0.6) is 0 Å². The number of guanidine groups is 1. The number of carbonyl (C=O) groups excluding carboxylic acids is 1. The van der Waals surface area contributed by atoms with Crippen molar-refractivity contribution in [1.29, 1.82) is 0 Å². The van der Waals surface area contributed by atoms with Gasteiger partial charge in [0.25, 0.3) is 0 Å². The highest BCUT2D eigenvalue weighted by atomic mass is 79.9. The third-order valence-electron chi connectivity index (χ3n) is 5.52. The van der Waals surface area contributed by atoms with Crippen LogP contribution in [0, 0.1) is 5.92 Å². The van der Waals surface area contributed by atoms with Crippen LogP contribution in [0.1, 0.15) is 32.6 Å². The number of Topliss-reactive ketones (excluding diaryl/α,β-unsaturated/α-hetero) is 1. The first-order chi connectivity index (χ1) is 14.1. The number of nitrogens with zero attached hydrogens (tertiary/aromatic N) is 4. The van der Waals surface area contributed by atoms with E-state index in [1.54, 1.807) is 0 Å². The van der Waals surface area contributed by atoms with Gasteiger partial charge in [-0.3, -0.25) is 15.1 Å². The minimum Gasteiger partial charge on any atom is -0.423 e. The first kappa shape index (κ1) is 18.4. The van der Waals surface area contributed by atoms with Crippen LogP contribution < -0.4 is 5.32 Å². The van der Waals surface area contributed by atoms with E-state index in [1.165, 1.54) is 0 Å². The lowest BCUT2D eigenvalue weighted by Crippen LogP contribution is -2.43. The number of para-hydroxylation sites is 2. The van der Waals surface area contributed by atoms with Crippen molar-refractivity contribution < 1.29 is 9.21 Å². The number of hydrogen-bond acceptors (Lipinski definition) is 7. The number of fused-ring (bicyclic) bond motifs is 2. The maximum absolute atomic E-state index is 12.8. The molecule has 1 aromatic carbocycles. The van der Waals surface area contributed by atoms with Gasteiger partial charge in [0, 0.05) is 22.8 Å². The Bertz CT molecular complexity index is 1080. The summed E-state index contributed by atoms with van der Waals surface area (Å²) in [7, 11) is 0. The van der Waals surface area contributed by atoms with E-state index in [-0.39, 0.29) is 23.8 Å². The van der Waals surface area contributed by atoms with Gasteiger partial charge >= 0.3 is 6.01 Å². The number of ketones is 1. The van der Waals surface area contributed by atoms with Crippen LogP contribution >= 0.6 is 15.9 Å². The maximum atomic E-state index is 12.8. The summed E-state index contributed by atoms with van der Waals surface area (Å²) in [6, 6.07) is 7.80. The molecule has 1 saturated carbocycles. The second-order valence-electron chi connectivity index (χ2n) is 7.61. The predicted octanol–water partition coefficient (Wildman–Crippen LogP) is 4.30. The Morgan fingerprint density at radius 2 is 2.10 bits per heavy atom. The quantitative estimate of drug-likeness (QED) is 0.733. The minimum absolute atomic E-state index is 0.163. The molecule has 1 fully saturated rings. The lowest BCUT2D eigenvalue weighted by molar-refractivity contribution is -0.121. The standard InChI is InChI=1S/C21H20BrN5O2/c1-11-9-12(13(22)10-23-11)19-18-15(6-4-7-16(18)28)24-20(26-19)27-21-25-14-5-2-3-8-17(14)29-21/h2-3,5,8,10-11,18-19H,4,6-7,9H2,1H3,(H,25,26,27). The number of rotatable bonds is 2. The van der Waals surface area contributed by atoms with Gasteiger partial charge in [0.1, 0.15) is 11.3 Å². The van der Waals surface area contributed by atoms with Crippen molar-refractivity contribution in [3.63, 3.8) is 0 Å². The number of halogens is 1. The first-order valence-corrected chi connectivity index (χ1v) is 10.6. The van der Waals surface area contributed by atoms with E-state index in [0.29, 0.717) is 24.0 Å². The molecule has 29 heavy (non-hydrogen) atoms. The molecule has 0 bridgehead atoms. The number of benzene rings is 1. The molecule has 2 aromatic rings. The second-order valence-corrected chi connectivity index (χ2v) is 8.47. The van der Waals surface area contributed by atoms with Crippen LogP contribution in [0.4, 0.5) is 6.01 Å². The number of oxazole rings is 1. The number of nitrogens with one attached hydrogen (secondary N) is 1. The van der Waals surface area contributed by atoms with Crippen LogP contribution in [0.2, 0.25) is 0 Å². The van der Waals surface area contributed by atoms with Gasteiger partial charge in [0.05, 0.1) is 18.0 Å². The summed E-state index contributed by atoms with van der Waals surface area (Å²) in [6.07, 6.45) is 4.80. The highest BCUT2D eigenvalue weighted by Crippen LogP contribution is 2.36. The molecule has 8 heteroatoms. The van der Waals surface area contributed by atoms with Gasteiger partial charge in [0.15, 0.2) is 5.58 Å². The fourth-order valence-electron chi connectivity index (χ4n) is 4.16. The molecule has 1 aliphatic carbocycles. The van der Waals surface area contributed by atoms with E-state index >= 15 is 0 Å². The van der Waals surface area contributed by atoms with Crippen LogP contribution in [0.3, 0.4) is 0 Å². The van der Waals surface area contributed by atoms with Crippen molar-refractivity contribution in [2.45, 2.75) is 44.7 Å². The molecule has 1 aromatic heterocycles. The molecular weight excluding hydrogens is 434 g/mol. The van der Waals surface area contributed by atoms with Gasteiger partial charge in [0.2, 0.25) is 5.96 Å². The summed E-state index contributed by atoms with van der Waals surface area (Å²) in [5.41, 5.74) is 3.45. The molecule has 5 rings (SSSR count). The Morgan fingerprint density at radius 1 is 1.24 bits per heavy atom. The van der Waals surface area contributed by atoms with Crippen molar-refractivity contribution in [2.24, 2.45) is 20.9 Å². The molecule has 0 radical (unpaired) electrons. The zero-order valence-electron chi connectivity index (χ0n) is 15.9. The molecule has 3 heterocycles. The normalized spacial score (nSPS) is 27.0. The number of aliphatic imine (C=N–C) groups is 3. The SMILES string of the molecule is CC1CC(C2N=C(Nc3nc4ccccc4o3)N=C3CCCC(=O)C32)=C(Br)C=N1. The molecule has 2 aliphatic heterocycles. The topological polar surface area (TPSA) is 92.2 Å². The molecule has 7 nitrogen and oxygen atoms in total. The van der Waals surface area contributed by atoms with E-state index in [0.717, 1.165) is 40.5 Å². The summed E-state index contributed by atoms with van der Waals surface area (Å²) in [6.45, 7) is 2.07. The minimum atomic E-state index is -0.292. The first-order valence-electron chi connectivity index (χ1n) is 9.81. The van der Waals surface area contributed by atoms with E-state index in [9.17, 15) is 4.79 Å². The molecule has 3 unspecified atom stereocenters. The molecule has 3 atom stereocenters. The summed E-state index contributed by atoms with van der Waals surface area (Å²) in [5, 5.41) is 3.12. The van der Waals surface area contributed by atoms with Crippen LogP contribution in [0.15, 0.2) is 53.7 Å². The van der Waals surface area contributed by atoms with E-state index < -0.39 is 0 Å². The Balaban J connectivity index is 1.53. The Hall–Kier alpha value is -2.61. The van der Waals surface area contributed by atoms with Crippen LogP contribution in [-0.4, -0.2) is 40.7 Å². The zero-order valence-corrected chi connectivity index (χ0v) is 17.5. The van der Waals surface area contributed by atoms with Crippen LogP contribution in [0.25, 0.3) is 11.1 Å². The van der Waals surface area contributed by atoms with Gasteiger partial charge in [-0.1, -0.05) is 12.1 Å². The molecule has 148 valence electrons. The number of aromatic nitrogens is 1. The molecule has 0 amide bonds. The average molecular weight is 454 g/mol. The smallest absolute Gasteiger partial charge is 0.302 e. The van der Waals surface area contributed by atoms with Gasteiger partial charge in [-0.15, -0.1) is 0 Å². The van der Waals surface area contributed by atoms with Crippen molar-refractivity contribution >= 4 is 56.7 Å². The molecule has 3 aliphatic rings.